The molecule has 0 amide bonds. The van der Waals surface area contributed by atoms with Crippen molar-refractivity contribution in [3.05, 3.63) is 17.7 Å². The summed E-state index contributed by atoms with van der Waals surface area (Å²) in [5.74, 6) is 3.80. The molecule has 0 saturated carbocycles. The maximum Gasteiger partial charge on any atom is 0.131 e. The zero-order valence-corrected chi connectivity index (χ0v) is 14.5. The van der Waals surface area contributed by atoms with Crippen molar-refractivity contribution in [2.75, 3.05) is 30.0 Å². The van der Waals surface area contributed by atoms with Gasteiger partial charge in [0.2, 0.25) is 0 Å². The molecule has 1 atom stereocenters. The van der Waals surface area contributed by atoms with Crippen LogP contribution in [0.1, 0.15) is 51.0 Å². The standard InChI is InChI=1S/C16H28N4S/c1-5-7-17-9-14-15(10-18-16(19-14)12(2)3)20(4)13-6-8-21-11-13/h10,12-13,17H,5-9,11H2,1-4H3. The SMILES string of the molecule is CCCNCc1nc(C(C)C)ncc1N(C)C1CCSC1. The van der Waals surface area contributed by atoms with Crippen molar-refractivity contribution in [1.82, 2.24) is 15.3 Å². The number of rotatable bonds is 7. The van der Waals surface area contributed by atoms with Gasteiger partial charge in [-0.15, -0.1) is 0 Å². The molecule has 1 aliphatic rings. The van der Waals surface area contributed by atoms with Crippen molar-refractivity contribution in [3.63, 3.8) is 0 Å². The predicted molar refractivity (Wildman–Crippen MR) is 92.3 cm³/mol. The predicted octanol–water partition coefficient (Wildman–Crippen LogP) is 3.04. The number of anilines is 1. The Balaban J connectivity index is 2.20. The Hall–Kier alpha value is -0.810. The van der Waals surface area contributed by atoms with Gasteiger partial charge in [-0.25, -0.2) is 9.97 Å². The topological polar surface area (TPSA) is 41.1 Å². The Bertz CT molecular complexity index is 444. The van der Waals surface area contributed by atoms with Gasteiger partial charge < -0.3 is 10.2 Å². The molecule has 0 radical (unpaired) electrons. The van der Waals surface area contributed by atoms with Crippen molar-refractivity contribution in [2.24, 2.45) is 0 Å². The van der Waals surface area contributed by atoms with Crippen LogP contribution >= 0.6 is 11.8 Å². The van der Waals surface area contributed by atoms with Crippen molar-refractivity contribution in [1.29, 1.82) is 0 Å². The van der Waals surface area contributed by atoms with Crippen LogP contribution in [0, 0.1) is 0 Å². The summed E-state index contributed by atoms with van der Waals surface area (Å²) in [5.41, 5.74) is 2.33. The third-order valence-electron chi connectivity index (χ3n) is 3.93. The number of thioether (sulfide) groups is 1. The van der Waals surface area contributed by atoms with E-state index in [4.69, 9.17) is 4.98 Å². The lowest BCUT2D eigenvalue weighted by Gasteiger charge is -2.28. The first-order valence-electron chi connectivity index (χ1n) is 8.00. The average molecular weight is 308 g/mol. The molecule has 0 bridgehead atoms. The third-order valence-corrected chi connectivity index (χ3v) is 5.08. The van der Waals surface area contributed by atoms with E-state index in [-0.39, 0.29) is 0 Å². The minimum absolute atomic E-state index is 0.372. The summed E-state index contributed by atoms with van der Waals surface area (Å²) in [6, 6.07) is 0.619. The lowest BCUT2D eigenvalue weighted by molar-refractivity contribution is 0.638. The first-order valence-corrected chi connectivity index (χ1v) is 9.16. The Morgan fingerprint density at radius 2 is 2.29 bits per heavy atom. The Morgan fingerprint density at radius 1 is 1.48 bits per heavy atom. The molecule has 1 unspecified atom stereocenters. The summed E-state index contributed by atoms with van der Waals surface area (Å²) in [6.45, 7) is 8.35. The molecule has 0 aliphatic carbocycles. The minimum Gasteiger partial charge on any atom is -0.368 e. The van der Waals surface area contributed by atoms with E-state index in [1.54, 1.807) is 0 Å². The van der Waals surface area contributed by atoms with Gasteiger partial charge in [-0.3, -0.25) is 0 Å². The van der Waals surface area contributed by atoms with Crippen LogP contribution in [0.4, 0.5) is 5.69 Å². The van der Waals surface area contributed by atoms with Gasteiger partial charge in [0, 0.05) is 31.3 Å². The van der Waals surface area contributed by atoms with E-state index in [1.807, 2.05) is 18.0 Å². The highest BCUT2D eigenvalue weighted by atomic mass is 32.2. The van der Waals surface area contributed by atoms with Crippen molar-refractivity contribution in [2.45, 2.75) is 52.1 Å². The molecule has 118 valence electrons. The van der Waals surface area contributed by atoms with Crippen LogP contribution in [0.2, 0.25) is 0 Å². The zero-order valence-electron chi connectivity index (χ0n) is 13.7. The molecular formula is C16H28N4S. The first-order chi connectivity index (χ1) is 10.1. The number of hydrogen-bond acceptors (Lipinski definition) is 5. The summed E-state index contributed by atoms with van der Waals surface area (Å²) in [7, 11) is 2.19. The van der Waals surface area contributed by atoms with Crippen LogP contribution < -0.4 is 10.2 Å². The molecule has 1 fully saturated rings. The number of hydrogen-bond donors (Lipinski definition) is 1. The molecular weight excluding hydrogens is 280 g/mol. The minimum atomic E-state index is 0.372. The van der Waals surface area contributed by atoms with Crippen molar-refractivity contribution < 1.29 is 0 Å². The Kier molecular flexibility index (Phi) is 6.30. The van der Waals surface area contributed by atoms with E-state index in [1.165, 1.54) is 23.6 Å². The molecule has 1 saturated heterocycles. The molecule has 21 heavy (non-hydrogen) atoms. The van der Waals surface area contributed by atoms with Gasteiger partial charge in [-0.05, 0) is 25.1 Å². The smallest absolute Gasteiger partial charge is 0.131 e. The quantitative estimate of drug-likeness (QED) is 0.784. The first kappa shape index (κ1) is 16.6. The van der Waals surface area contributed by atoms with Crippen LogP contribution in [0.15, 0.2) is 6.20 Å². The van der Waals surface area contributed by atoms with Crippen molar-refractivity contribution >= 4 is 17.4 Å². The summed E-state index contributed by atoms with van der Waals surface area (Å²) in [5, 5.41) is 3.48. The van der Waals surface area contributed by atoms with Crippen LogP contribution in [-0.4, -0.2) is 41.1 Å². The van der Waals surface area contributed by atoms with Gasteiger partial charge >= 0.3 is 0 Å². The maximum atomic E-state index is 4.81. The van der Waals surface area contributed by atoms with E-state index in [0.29, 0.717) is 12.0 Å². The molecule has 1 aromatic rings. The Labute approximate surface area is 133 Å². The number of nitrogens with one attached hydrogen (secondary N) is 1. The molecule has 5 heteroatoms. The van der Waals surface area contributed by atoms with E-state index in [0.717, 1.165) is 31.0 Å². The largest absolute Gasteiger partial charge is 0.368 e. The van der Waals surface area contributed by atoms with Gasteiger partial charge in [-0.2, -0.15) is 11.8 Å². The van der Waals surface area contributed by atoms with Gasteiger partial charge in [-0.1, -0.05) is 20.8 Å². The van der Waals surface area contributed by atoms with Gasteiger partial charge in [0.15, 0.2) is 0 Å². The van der Waals surface area contributed by atoms with E-state index in [2.05, 4.69) is 43.0 Å². The summed E-state index contributed by atoms with van der Waals surface area (Å²) in [4.78, 5) is 11.8. The molecule has 1 aromatic heterocycles. The lowest BCUT2D eigenvalue weighted by atomic mass is 10.1. The third kappa shape index (κ3) is 4.33. The highest BCUT2D eigenvalue weighted by molar-refractivity contribution is 7.99. The summed E-state index contributed by atoms with van der Waals surface area (Å²) < 4.78 is 0. The molecule has 1 aliphatic heterocycles. The van der Waals surface area contributed by atoms with E-state index in [9.17, 15) is 0 Å². The second-order valence-electron chi connectivity index (χ2n) is 6.02. The van der Waals surface area contributed by atoms with Crippen molar-refractivity contribution in [3.8, 4) is 0 Å². The monoisotopic (exact) mass is 308 g/mol. The fraction of sp³-hybridized carbons (Fsp3) is 0.750. The van der Waals surface area contributed by atoms with Crippen LogP contribution in [0.3, 0.4) is 0 Å². The molecule has 4 nitrogen and oxygen atoms in total. The lowest BCUT2D eigenvalue weighted by Crippen LogP contribution is -2.33. The fourth-order valence-electron chi connectivity index (χ4n) is 2.54. The van der Waals surface area contributed by atoms with Crippen LogP contribution in [0.25, 0.3) is 0 Å². The molecule has 0 aromatic carbocycles. The van der Waals surface area contributed by atoms with Crippen LogP contribution in [0.5, 0.6) is 0 Å². The maximum absolute atomic E-state index is 4.81. The highest BCUT2D eigenvalue weighted by Gasteiger charge is 2.23. The average Bonchev–Trinajstić information content (AvgIpc) is 3.01. The van der Waals surface area contributed by atoms with E-state index < -0.39 is 0 Å². The normalized spacial score (nSPS) is 18.4. The van der Waals surface area contributed by atoms with E-state index >= 15 is 0 Å². The molecule has 0 spiro atoms. The number of nitrogens with zero attached hydrogens (tertiary/aromatic N) is 3. The summed E-state index contributed by atoms with van der Waals surface area (Å²) >= 11 is 2.04. The Morgan fingerprint density at radius 3 is 2.90 bits per heavy atom. The van der Waals surface area contributed by atoms with Gasteiger partial charge in [0.25, 0.3) is 0 Å². The van der Waals surface area contributed by atoms with Gasteiger partial charge in [0.1, 0.15) is 5.82 Å². The van der Waals surface area contributed by atoms with Crippen LogP contribution in [-0.2, 0) is 6.54 Å². The zero-order chi connectivity index (χ0) is 15.2. The second kappa shape index (κ2) is 7.99. The molecule has 2 rings (SSSR count). The fourth-order valence-corrected chi connectivity index (χ4v) is 3.80. The summed E-state index contributed by atoms with van der Waals surface area (Å²) in [6.07, 6.45) is 4.43. The number of aromatic nitrogens is 2. The molecule has 2 heterocycles. The second-order valence-corrected chi connectivity index (χ2v) is 7.17. The molecule has 1 N–H and O–H groups in total. The highest BCUT2D eigenvalue weighted by Crippen LogP contribution is 2.27. The van der Waals surface area contributed by atoms with Gasteiger partial charge in [0.05, 0.1) is 17.6 Å².